The number of rotatable bonds is 9. The predicted octanol–water partition coefficient (Wildman–Crippen LogP) is -5.84. The fourth-order valence-electron chi connectivity index (χ4n) is 1.35. The highest BCUT2D eigenvalue weighted by Crippen LogP contribution is 2.11. The lowest BCUT2D eigenvalue weighted by Gasteiger charge is -2.27. The summed E-state index contributed by atoms with van der Waals surface area (Å²) >= 11 is 0. The maximum absolute atomic E-state index is 11.5. The third kappa shape index (κ3) is 4.94. The summed E-state index contributed by atoms with van der Waals surface area (Å²) in [6, 6.07) is 0. The first-order valence-corrected chi connectivity index (χ1v) is 5.70. The number of carbonyl (C=O) groups is 2. The smallest absolute Gasteiger partial charge is 0.335 e. The summed E-state index contributed by atoms with van der Waals surface area (Å²) < 4.78 is 0. The number of Topliss-reactive ketones (excluding diaryl/α,β-unsaturated/α-hetero) is 1. The Hall–Kier alpha value is -1.18. The van der Waals surface area contributed by atoms with Crippen LogP contribution in [-0.2, 0) is 9.59 Å². The Labute approximate surface area is 117 Å². The van der Waals surface area contributed by atoms with Crippen molar-refractivity contribution in [2.45, 2.75) is 42.7 Å². The van der Waals surface area contributed by atoms with Crippen LogP contribution in [0.5, 0.6) is 0 Å². The molecule has 0 fully saturated rings. The number of aliphatic hydroxyl groups excluding tert-OH is 8. The van der Waals surface area contributed by atoms with Crippen molar-refractivity contribution in [2.75, 3.05) is 6.61 Å². The molecule has 124 valence electrons. The molecule has 0 aliphatic rings. The number of ketones is 1. The van der Waals surface area contributed by atoms with E-state index in [-0.39, 0.29) is 0 Å². The quantitative estimate of drug-likeness (QED) is 0.195. The van der Waals surface area contributed by atoms with E-state index in [1.807, 2.05) is 0 Å². The van der Waals surface area contributed by atoms with Crippen molar-refractivity contribution in [3.63, 3.8) is 0 Å². The number of aliphatic hydroxyl groups is 8. The minimum Gasteiger partial charge on any atom is -0.479 e. The monoisotopic (exact) mass is 314 g/mol. The molecular weight excluding hydrogens is 296 g/mol. The molecule has 0 aliphatic heterocycles. The zero-order valence-corrected chi connectivity index (χ0v) is 10.6. The summed E-state index contributed by atoms with van der Waals surface area (Å²) in [4.78, 5) is 21.9. The topological polar surface area (TPSA) is 216 Å². The number of carbonyl (C=O) groups excluding carboxylic acids is 1. The second-order valence-electron chi connectivity index (χ2n) is 4.30. The number of carboxylic acids is 1. The van der Waals surface area contributed by atoms with Gasteiger partial charge in [-0.2, -0.15) is 0 Å². The standard InChI is InChI=1S/C10H18O11/c11-1-2(12)3(13)4(14)5(15)6(16)7(17)8(18)9(19)10(20)21/h2-5,7-9,11-15,17-19H,1H2,(H,20,21). The molecule has 0 aliphatic carbocycles. The molecule has 0 amide bonds. The van der Waals surface area contributed by atoms with E-state index in [0.29, 0.717) is 0 Å². The Kier molecular flexibility index (Phi) is 7.84. The molecule has 11 heteroatoms. The van der Waals surface area contributed by atoms with Crippen molar-refractivity contribution < 1.29 is 55.5 Å². The average Bonchev–Trinajstić information content (AvgIpc) is 2.48. The third-order valence-electron chi connectivity index (χ3n) is 2.74. The van der Waals surface area contributed by atoms with E-state index in [4.69, 9.17) is 20.4 Å². The van der Waals surface area contributed by atoms with Crippen molar-refractivity contribution in [2.24, 2.45) is 0 Å². The van der Waals surface area contributed by atoms with E-state index in [0.717, 1.165) is 0 Å². The third-order valence-corrected chi connectivity index (χ3v) is 2.74. The van der Waals surface area contributed by atoms with E-state index in [2.05, 4.69) is 0 Å². The SMILES string of the molecule is O=C(O)C(O)C(O)C(O)C(=O)C(O)C(O)C(O)C(O)CO. The van der Waals surface area contributed by atoms with Crippen LogP contribution < -0.4 is 0 Å². The van der Waals surface area contributed by atoms with Gasteiger partial charge in [0, 0.05) is 0 Å². The highest BCUT2D eigenvalue weighted by Gasteiger charge is 2.41. The first-order chi connectivity index (χ1) is 9.56. The van der Waals surface area contributed by atoms with Gasteiger partial charge in [-0.15, -0.1) is 0 Å². The Bertz CT molecular complexity index is 359. The van der Waals surface area contributed by atoms with Crippen LogP contribution in [0.3, 0.4) is 0 Å². The summed E-state index contributed by atoms with van der Waals surface area (Å²) in [7, 11) is 0. The molecule has 0 rings (SSSR count). The van der Waals surface area contributed by atoms with E-state index in [1.54, 1.807) is 0 Å². The lowest BCUT2D eigenvalue weighted by Crippen LogP contribution is -2.55. The first kappa shape index (κ1) is 19.8. The molecular formula is C10H18O11. The maximum Gasteiger partial charge on any atom is 0.335 e. The van der Waals surface area contributed by atoms with Gasteiger partial charge in [0.15, 0.2) is 11.9 Å². The molecule has 0 bridgehead atoms. The fraction of sp³-hybridized carbons (Fsp3) is 0.800. The zero-order chi connectivity index (χ0) is 16.9. The summed E-state index contributed by atoms with van der Waals surface area (Å²) in [6.07, 6.45) is -16.5. The van der Waals surface area contributed by atoms with Crippen molar-refractivity contribution >= 4 is 11.8 Å². The second-order valence-corrected chi connectivity index (χ2v) is 4.30. The van der Waals surface area contributed by atoms with Gasteiger partial charge in [-0.1, -0.05) is 0 Å². The molecule has 7 unspecified atom stereocenters. The Morgan fingerprint density at radius 3 is 1.52 bits per heavy atom. The van der Waals surface area contributed by atoms with Crippen molar-refractivity contribution in [1.29, 1.82) is 0 Å². The van der Waals surface area contributed by atoms with E-state index in [1.165, 1.54) is 0 Å². The highest BCUT2D eigenvalue weighted by atomic mass is 16.4. The van der Waals surface area contributed by atoms with Crippen molar-refractivity contribution in [1.82, 2.24) is 0 Å². The molecule has 0 saturated heterocycles. The number of aliphatic carboxylic acids is 1. The van der Waals surface area contributed by atoms with Crippen LogP contribution in [-0.4, -0.2) is 107 Å². The summed E-state index contributed by atoms with van der Waals surface area (Å²) in [6.45, 7) is -0.998. The van der Waals surface area contributed by atoms with Crippen LogP contribution in [0.1, 0.15) is 0 Å². The van der Waals surface area contributed by atoms with Gasteiger partial charge in [-0.3, -0.25) is 4.79 Å². The summed E-state index contributed by atoms with van der Waals surface area (Å²) in [5, 5.41) is 81.4. The van der Waals surface area contributed by atoms with Crippen LogP contribution in [0, 0.1) is 0 Å². The molecule has 0 aromatic rings. The minimum atomic E-state index is -2.57. The molecule has 0 heterocycles. The molecule has 21 heavy (non-hydrogen) atoms. The van der Waals surface area contributed by atoms with Gasteiger partial charge in [-0.05, 0) is 0 Å². The molecule has 0 radical (unpaired) electrons. The minimum absolute atomic E-state index is 0.998. The van der Waals surface area contributed by atoms with Gasteiger partial charge in [0.25, 0.3) is 0 Å². The van der Waals surface area contributed by atoms with Gasteiger partial charge >= 0.3 is 5.97 Å². The first-order valence-electron chi connectivity index (χ1n) is 5.70. The molecule has 7 atom stereocenters. The van der Waals surface area contributed by atoms with Crippen LogP contribution in [0.15, 0.2) is 0 Å². The van der Waals surface area contributed by atoms with Gasteiger partial charge < -0.3 is 46.0 Å². The Morgan fingerprint density at radius 1 is 0.714 bits per heavy atom. The number of hydrogen-bond acceptors (Lipinski definition) is 10. The summed E-state index contributed by atoms with van der Waals surface area (Å²) in [5.41, 5.74) is 0. The lowest BCUT2D eigenvalue weighted by molar-refractivity contribution is -0.169. The van der Waals surface area contributed by atoms with Crippen LogP contribution in [0.25, 0.3) is 0 Å². The molecule has 0 saturated carbocycles. The fourth-order valence-corrected chi connectivity index (χ4v) is 1.35. The average molecular weight is 314 g/mol. The number of carboxylic acid groups (broad SMARTS) is 1. The Balaban J connectivity index is 4.87. The largest absolute Gasteiger partial charge is 0.479 e. The lowest BCUT2D eigenvalue weighted by atomic mass is 9.94. The van der Waals surface area contributed by atoms with Gasteiger partial charge in [0.05, 0.1) is 6.61 Å². The zero-order valence-electron chi connectivity index (χ0n) is 10.6. The highest BCUT2D eigenvalue weighted by molar-refractivity contribution is 5.89. The predicted molar refractivity (Wildman–Crippen MR) is 61.8 cm³/mol. The molecule has 0 aromatic carbocycles. The van der Waals surface area contributed by atoms with Gasteiger partial charge in [-0.25, -0.2) is 4.79 Å². The van der Waals surface area contributed by atoms with E-state index in [9.17, 15) is 35.1 Å². The Morgan fingerprint density at radius 2 is 1.14 bits per heavy atom. The van der Waals surface area contributed by atoms with Crippen molar-refractivity contribution in [3.8, 4) is 0 Å². The second kappa shape index (κ2) is 8.31. The maximum atomic E-state index is 11.5. The van der Waals surface area contributed by atoms with Gasteiger partial charge in [0.1, 0.15) is 36.6 Å². The molecule has 0 aromatic heterocycles. The van der Waals surface area contributed by atoms with Gasteiger partial charge in [0.2, 0.25) is 0 Å². The molecule has 9 N–H and O–H groups in total. The van der Waals surface area contributed by atoms with Crippen LogP contribution in [0.4, 0.5) is 0 Å². The molecule has 0 spiro atoms. The van der Waals surface area contributed by atoms with Crippen LogP contribution >= 0.6 is 0 Å². The van der Waals surface area contributed by atoms with Crippen LogP contribution in [0.2, 0.25) is 0 Å². The summed E-state index contributed by atoms with van der Waals surface area (Å²) in [5.74, 6) is -3.64. The van der Waals surface area contributed by atoms with E-state index < -0.39 is 61.1 Å². The number of hydrogen-bond donors (Lipinski definition) is 9. The van der Waals surface area contributed by atoms with Crippen molar-refractivity contribution in [3.05, 3.63) is 0 Å². The van der Waals surface area contributed by atoms with E-state index >= 15 is 0 Å². The normalized spacial score (nSPS) is 21.7. The molecule has 11 nitrogen and oxygen atoms in total.